The zero-order chi connectivity index (χ0) is 19.1. The summed E-state index contributed by atoms with van der Waals surface area (Å²) in [6.45, 7) is 0.495. The summed E-state index contributed by atoms with van der Waals surface area (Å²) in [4.78, 5) is 16.5. The fourth-order valence-corrected chi connectivity index (χ4v) is 2.61. The zero-order valence-electron chi connectivity index (χ0n) is 14.9. The Morgan fingerprint density at radius 1 is 1.07 bits per heavy atom. The van der Waals surface area contributed by atoms with E-state index in [0.29, 0.717) is 24.3 Å². The van der Waals surface area contributed by atoms with Crippen LogP contribution in [0.3, 0.4) is 0 Å². The Balaban J connectivity index is 1.53. The van der Waals surface area contributed by atoms with Gasteiger partial charge >= 0.3 is 0 Å². The molecule has 0 fully saturated rings. The van der Waals surface area contributed by atoms with Crippen LogP contribution >= 0.6 is 0 Å². The monoisotopic (exact) mass is 365 g/mol. The Labute approximate surface area is 157 Å². The standard InChI is InChI=1S/C21H20FN3O2/c1-27-19-5-3-2-4-15(19)12-13-23-21(26)16-6-11-20(24-14-16)25-18-9-7-17(22)8-10-18/h2-11,14H,12-13H2,1H3,(H,23,26)(H,24,25). The van der Waals surface area contributed by atoms with Gasteiger partial charge in [0.05, 0.1) is 12.7 Å². The van der Waals surface area contributed by atoms with Gasteiger partial charge in [0.15, 0.2) is 0 Å². The van der Waals surface area contributed by atoms with Gasteiger partial charge in [-0.05, 0) is 54.4 Å². The summed E-state index contributed by atoms with van der Waals surface area (Å²) in [6, 6.07) is 17.1. The van der Waals surface area contributed by atoms with Crippen molar-refractivity contribution in [1.82, 2.24) is 10.3 Å². The fourth-order valence-electron chi connectivity index (χ4n) is 2.61. The molecule has 0 saturated carbocycles. The van der Waals surface area contributed by atoms with Crippen molar-refractivity contribution in [3.05, 3.63) is 83.8 Å². The van der Waals surface area contributed by atoms with Crippen LogP contribution in [0.15, 0.2) is 66.9 Å². The van der Waals surface area contributed by atoms with Crippen LogP contribution in [-0.4, -0.2) is 24.5 Å². The van der Waals surface area contributed by atoms with Crippen LogP contribution in [0.4, 0.5) is 15.9 Å². The lowest BCUT2D eigenvalue weighted by Crippen LogP contribution is -2.25. The number of carbonyl (C=O) groups is 1. The second-order valence-corrected chi connectivity index (χ2v) is 5.88. The molecule has 5 nitrogen and oxygen atoms in total. The average Bonchev–Trinajstić information content (AvgIpc) is 2.70. The van der Waals surface area contributed by atoms with Crippen LogP contribution in [0.25, 0.3) is 0 Å². The van der Waals surface area contributed by atoms with Gasteiger partial charge in [-0.3, -0.25) is 4.79 Å². The molecule has 0 saturated heterocycles. The Bertz CT molecular complexity index is 896. The van der Waals surface area contributed by atoms with E-state index < -0.39 is 0 Å². The molecule has 1 amide bonds. The van der Waals surface area contributed by atoms with E-state index in [0.717, 1.165) is 17.0 Å². The van der Waals surface area contributed by atoms with Crippen molar-refractivity contribution in [2.75, 3.05) is 19.0 Å². The first-order valence-electron chi connectivity index (χ1n) is 8.54. The maximum Gasteiger partial charge on any atom is 0.252 e. The van der Waals surface area contributed by atoms with E-state index >= 15 is 0 Å². The van der Waals surface area contributed by atoms with Crippen molar-refractivity contribution in [3.8, 4) is 5.75 Å². The van der Waals surface area contributed by atoms with Gasteiger partial charge in [-0.1, -0.05) is 18.2 Å². The number of halogens is 1. The second kappa shape index (κ2) is 8.80. The van der Waals surface area contributed by atoms with Crippen LogP contribution in [0.2, 0.25) is 0 Å². The third-order valence-corrected chi connectivity index (χ3v) is 4.01. The van der Waals surface area contributed by atoms with Crippen molar-refractivity contribution in [3.63, 3.8) is 0 Å². The van der Waals surface area contributed by atoms with E-state index in [1.54, 1.807) is 31.4 Å². The van der Waals surface area contributed by atoms with Crippen molar-refractivity contribution >= 4 is 17.4 Å². The SMILES string of the molecule is COc1ccccc1CCNC(=O)c1ccc(Nc2ccc(F)cc2)nc1. The van der Waals surface area contributed by atoms with Gasteiger partial charge in [0.1, 0.15) is 17.4 Å². The maximum absolute atomic E-state index is 12.9. The van der Waals surface area contributed by atoms with Crippen LogP contribution in [-0.2, 0) is 6.42 Å². The molecule has 3 aromatic rings. The van der Waals surface area contributed by atoms with E-state index in [9.17, 15) is 9.18 Å². The summed E-state index contributed by atoms with van der Waals surface area (Å²) in [5.41, 5.74) is 2.23. The lowest BCUT2D eigenvalue weighted by atomic mass is 10.1. The second-order valence-electron chi connectivity index (χ2n) is 5.88. The molecule has 27 heavy (non-hydrogen) atoms. The number of benzene rings is 2. The first-order valence-corrected chi connectivity index (χ1v) is 8.54. The number of methoxy groups -OCH3 is 1. The summed E-state index contributed by atoms with van der Waals surface area (Å²) >= 11 is 0. The molecule has 0 unspecified atom stereocenters. The Kier molecular flexibility index (Phi) is 5.99. The first-order chi connectivity index (χ1) is 13.2. The quantitative estimate of drug-likeness (QED) is 0.666. The molecule has 1 heterocycles. The molecule has 138 valence electrons. The number of nitrogens with zero attached hydrogens (tertiary/aromatic N) is 1. The number of rotatable bonds is 7. The smallest absolute Gasteiger partial charge is 0.252 e. The van der Waals surface area contributed by atoms with Crippen molar-refractivity contribution in [2.45, 2.75) is 6.42 Å². The van der Waals surface area contributed by atoms with E-state index in [-0.39, 0.29) is 11.7 Å². The van der Waals surface area contributed by atoms with E-state index in [2.05, 4.69) is 15.6 Å². The molecule has 2 N–H and O–H groups in total. The van der Waals surface area contributed by atoms with Crippen LogP contribution in [0, 0.1) is 5.82 Å². The van der Waals surface area contributed by atoms with Crippen LogP contribution < -0.4 is 15.4 Å². The molecular formula is C21H20FN3O2. The predicted molar refractivity (Wildman–Crippen MR) is 103 cm³/mol. The summed E-state index contributed by atoms with van der Waals surface area (Å²) in [5.74, 6) is 0.899. The summed E-state index contributed by atoms with van der Waals surface area (Å²) in [7, 11) is 1.63. The van der Waals surface area contributed by atoms with Crippen molar-refractivity contribution < 1.29 is 13.9 Å². The highest BCUT2D eigenvalue weighted by atomic mass is 19.1. The molecule has 1 aromatic heterocycles. The molecule has 0 aliphatic heterocycles. The largest absolute Gasteiger partial charge is 0.496 e. The van der Waals surface area contributed by atoms with E-state index in [4.69, 9.17) is 4.74 Å². The van der Waals surface area contributed by atoms with Gasteiger partial charge in [0.25, 0.3) is 5.91 Å². The maximum atomic E-state index is 12.9. The number of nitrogens with one attached hydrogen (secondary N) is 2. The Morgan fingerprint density at radius 3 is 2.56 bits per heavy atom. The normalized spacial score (nSPS) is 10.3. The molecule has 6 heteroatoms. The van der Waals surface area contributed by atoms with Crippen LogP contribution in [0.1, 0.15) is 15.9 Å². The fraction of sp³-hybridized carbons (Fsp3) is 0.143. The molecule has 0 radical (unpaired) electrons. The molecule has 0 bridgehead atoms. The predicted octanol–water partition coefficient (Wildman–Crippen LogP) is 3.95. The highest BCUT2D eigenvalue weighted by Gasteiger charge is 2.07. The van der Waals surface area contributed by atoms with Gasteiger partial charge in [-0.2, -0.15) is 0 Å². The number of amides is 1. The summed E-state index contributed by atoms with van der Waals surface area (Å²) in [6.07, 6.45) is 2.18. The number of pyridine rings is 1. The molecule has 0 aliphatic carbocycles. The molecule has 0 aliphatic rings. The minimum Gasteiger partial charge on any atom is -0.496 e. The molecule has 3 rings (SSSR count). The number of anilines is 2. The molecule has 0 spiro atoms. The van der Waals surface area contributed by atoms with Crippen molar-refractivity contribution in [2.24, 2.45) is 0 Å². The number of ether oxygens (including phenoxy) is 1. The number of hydrogen-bond donors (Lipinski definition) is 2. The minimum absolute atomic E-state index is 0.189. The number of hydrogen-bond acceptors (Lipinski definition) is 4. The summed E-state index contributed by atoms with van der Waals surface area (Å²) < 4.78 is 18.2. The van der Waals surface area contributed by atoms with E-state index in [1.807, 2.05) is 24.3 Å². The van der Waals surface area contributed by atoms with Gasteiger partial charge in [-0.15, -0.1) is 0 Å². The number of para-hydroxylation sites is 1. The number of aromatic nitrogens is 1. The van der Waals surface area contributed by atoms with Gasteiger partial charge < -0.3 is 15.4 Å². The van der Waals surface area contributed by atoms with Gasteiger partial charge in [0.2, 0.25) is 0 Å². The molecule has 0 atom stereocenters. The highest BCUT2D eigenvalue weighted by Crippen LogP contribution is 2.17. The minimum atomic E-state index is -0.298. The van der Waals surface area contributed by atoms with E-state index in [1.165, 1.54) is 18.3 Å². The third kappa shape index (κ3) is 5.04. The van der Waals surface area contributed by atoms with Gasteiger partial charge in [0, 0.05) is 18.4 Å². The zero-order valence-corrected chi connectivity index (χ0v) is 14.9. The summed E-state index contributed by atoms with van der Waals surface area (Å²) in [5, 5.41) is 5.93. The Morgan fingerprint density at radius 2 is 1.85 bits per heavy atom. The highest BCUT2D eigenvalue weighted by molar-refractivity contribution is 5.94. The molecular weight excluding hydrogens is 345 g/mol. The molecule has 2 aromatic carbocycles. The Hall–Kier alpha value is -3.41. The lowest BCUT2D eigenvalue weighted by molar-refractivity contribution is 0.0953. The average molecular weight is 365 g/mol. The van der Waals surface area contributed by atoms with Crippen LogP contribution in [0.5, 0.6) is 5.75 Å². The lowest BCUT2D eigenvalue weighted by Gasteiger charge is -2.09. The number of carbonyl (C=O) groups excluding carboxylic acids is 1. The van der Waals surface area contributed by atoms with Crippen molar-refractivity contribution in [1.29, 1.82) is 0 Å². The van der Waals surface area contributed by atoms with Gasteiger partial charge in [-0.25, -0.2) is 9.37 Å². The first kappa shape index (κ1) is 18.4. The third-order valence-electron chi connectivity index (χ3n) is 4.01. The topological polar surface area (TPSA) is 63.2 Å².